The van der Waals surface area contributed by atoms with Crippen LogP contribution >= 0.6 is 11.6 Å². The van der Waals surface area contributed by atoms with Crippen molar-refractivity contribution in [3.63, 3.8) is 0 Å². The Labute approximate surface area is 121 Å². The van der Waals surface area contributed by atoms with Gasteiger partial charge in [-0.15, -0.1) is 0 Å². The molecule has 2 atom stereocenters. The molecule has 1 amide bonds. The SMILES string of the molecule is COC(=O)C1CCC(C(=O)NCc2nccnc2Cl)C1. The van der Waals surface area contributed by atoms with Crippen molar-refractivity contribution in [3.8, 4) is 0 Å². The molecule has 7 heteroatoms. The Kier molecular flexibility index (Phi) is 4.89. The maximum absolute atomic E-state index is 12.0. The molecule has 1 saturated carbocycles. The van der Waals surface area contributed by atoms with E-state index in [1.807, 2.05) is 0 Å². The minimum atomic E-state index is -0.239. The summed E-state index contributed by atoms with van der Waals surface area (Å²) in [5, 5.41) is 3.07. The van der Waals surface area contributed by atoms with Crippen molar-refractivity contribution in [1.29, 1.82) is 0 Å². The minimum absolute atomic E-state index is 0.0851. The zero-order valence-corrected chi connectivity index (χ0v) is 11.9. The summed E-state index contributed by atoms with van der Waals surface area (Å²) in [6.45, 7) is 0.241. The lowest BCUT2D eigenvalue weighted by atomic mass is 10.0. The van der Waals surface area contributed by atoms with Crippen molar-refractivity contribution >= 4 is 23.5 Å². The zero-order valence-electron chi connectivity index (χ0n) is 11.1. The summed E-state index contributed by atoms with van der Waals surface area (Å²) in [6.07, 6.45) is 4.94. The van der Waals surface area contributed by atoms with E-state index in [1.54, 1.807) is 0 Å². The Morgan fingerprint density at radius 2 is 2.05 bits per heavy atom. The number of ether oxygens (including phenoxy) is 1. The van der Waals surface area contributed by atoms with Crippen LogP contribution in [0.25, 0.3) is 0 Å². The number of hydrogen-bond donors (Lipinski definition) is 1. The standard InChI is InChI=1S/C13H16ClN3O3/c1-20-13(19)9-3-2-8(6-9)12(18)17-7-10-11(14)16-5-4-15-10/h4-5,8-9H,2-3,6-7H2,1H3,(H,17,18). The van der Waals surface area contributed by atoms with Crippen molar-refractivity contribution < 1.29 is 14.3 Å². The third-order valence-electron chi connectivity index (χ3n) is 3.49. The van der Waals surface area contributed by atoms with Gasteiger partial charge in [-0.05, 0) is 19.3 Å². The zero-order chi connectivity index (χ0) is 14.5. The second-order valence-corrected chi connectivity index (χ2v) is 5.10. The molecule has 2 rings (SSSR count). The maximum Gasteiger partial charge on any atom is 0.308 e. The van der Waals surface area contributed by atoms with Gasteiger partial charge < -0.3 is 10.1 Å². The molecule has 1 aliphatic carbocycles. The molecule has 1 N–H and O–H groups in total. The van der Waals surface area contributed by atoms with Gasteiger partial charge in [0.05, 0.1) is 25.3 Å². The van der Waals surface area contributed by atoms with E-state index >= 15 is 0 Å². The van der Waals surface area contributed by atoms with Crippen LogP contribution in [-0.2, 0) is 20.9 Å². The molecule has 0 saturated heterocycles. The third-order valence-corrected chi connectivity index (χ3v) is 3.81. The molecule has 1 aromatic rings. The van der Waals surface area contributed by atoms with Gasteiger partial charge in [-0.1, -0.05) is 11.6 Å². The predicted octanol–water partition coefficient (Wildman–Crippen LogP) is 1.34. The molecule has 1 fully saturated rings. The summed E-state index contributed by atoms with van der Waals surface area (Å²) in [4.78, 5) is 31.4. The Bertz CT molecular complexity index is 509. The predicted molar refractivity (Wildman–Crippen MR) is 71.7 cm³/mol. The quantitative estimate of drug-likeness (QED) is 0.848. The number of esters is 1. The third kappa shape index (κ3) is 3.45. The van der Waals surface area contributed by atoms with Gasteiger partial charge in [-0.3, -0.25) is 14.6 Å². The van der Waals surface area contributed by atoms with Crippen molar-refractivity contribution in [1.82, 2.24) is 15.3 Å². The second-order valence-electron chi connectivity index (χ2n) is 4.74. The fourth-order valence-corrected chi connectivity index (χ4v) is 2.56. The Hall–Kier alpha value is -1.69. The summed E-state index contributed by atoms with van der Waals surface area (Å²) >= 11 is 5.86. The average Bonchev–Trinajstić information content (AvgIpc) is 2.95. The number of rotatable bonds is 4. The highest BCUT2D eigenvalue weighted by Gasteiger charge is 2.34. The first-order valence-electron chi connectivity index (χ1n) is 6.42. The molecule has 0 bridgehead atoms. The van der Waals surface area contributed by atoms with Crippen LogP contribution in [-0.4, -0.2) is 29.0 Å². The van der Waals surface area contributed by atoms with Crippen LogP contribution in [0.3, 0.4) is 0 Å². The number of methoxy groups -OCH3 is 1. The number of carbonyl (C=O) groups excluding carboxylic acids is 2. The van der Waals surface area contributed by atoms with Crippen LogP contribution < -0.4 is 5.32 Å². The summed E-state index contributed by atoms with van der Waals surface area (Å²) in [7, 11) is 1.37. The van der Waals surface area contributed by atoms with Crippen LogP contribution in [0.2, 0.25) is 5.15 Å². The molecule has 0 aliphatic heterocycles. The van der Waals surface area contributed by atoms with Crippen molar-refractivity contribution in [3.05, 3.63) is 23.2 Å². The highest BCUT2D eigenvalue weighted by Crippen LogP contribution is 2.31. The Balaban J connectivity index is 1.85. The molecule has 1 aliphatic rings. The molecular weight excluding hydrogens is 282 g/mol. The first-order chi connectivity index (χ1) is 9.61. The lowest BCUT2D eigenvalue weighted by Gasteiger charge is -2.11. The number of aromatic nitrogens is 2. The van der Waals surface area contributed by atoms with E-state index in [1.165, 1.54) is 19.5 Å². The second kappa shape index (κ2) is 6.65. The Morgan fingerprint density at radius 3 is 2.75 bits per heavy atom. The van der Waals surface area contributed by atoms with Gasteiger partial charge >= 0.3 is 5.97 Å². The maximum atomic E-state index is 12.0. The van der Waals surface area contributed by atoms with Crippen LogP contribution in [0.5, 0.6) is 0 Å². The van der Waals surface area contributed by atoms with E-state index < -0.39 is 0 Å². The van der Waals surface area contributed by atoms with Gasteiger partial charge in [0.25, 0.3) is 0 Å². The van der Waals surface area contributed by atoms with Gasteiger partial charge in [0.1, 0.15) is 0 Å². The number of nitrogens with one attached hydrogen (secondary N) is 1. The first-order valence-corrected chi connectivity index (χ1v) is 6.80. The largest absolute Gasteiger partial charge is 0.469 e. The van der Waals surface area contributed by atoms with E-state index in [2.05, 4.69) is 15.3 Å². The van der Waals surface area contributed by atoms with Crippen LogP contribution in [0, 0.1) is 11.8 Å². The first kappa shape index (κ1) is 14.7. The van der Waals surface area contributed by atoms with E-state index in [0.29, 0.717) is 25.0 Å². The number of halogens is 1. The van der Waals surface area contributed by atoms with Crippen LogP contribution in [0.1, 0.15) is 25.0 Å². The lowest BCUT2D eigenvalue weighted by molar-refractivity contribution is -0.145. The fraction of sp³-hybridized carbons (Fsp3) is 0.538. The minimum Gasteiger partial charge on any atom is -0.469 e. The molecule has 1 heterocycles. The molecule has 20 heavy (non-hydrogen) atoms. The van der Waals surface area contributed by atoms with Crippen LogP contribution in [0.15, 0.2) is 12.4 Å². The number of amides is 1. The fourth-order valence-electron chi connectivity index (χ4n) is 2.38. The summed E-state index contributed by atoms with van der Waals surface area (Å²) < 4.78 is 4.70. The smallest absolute Gasteiger partial charge is 0.308 e. The van der Waals surface area contributed by atoms with Crippen molar-refractivity contribution in [2.75, 3.05) is 7.11 Å². The normalized spacial score (nSPS) is 21.5. The van der Waals surface area contributed by atoms with Gasteiger partial charge in [-0.25, -0.2) is 4.98 Å². The summed E-state index contributed by atoms with van der Waals surface area (Å²) in [6, 6.07) is 0. The average molecular weight is 298 g/mol. The number of carbonyl (C=O) groups is 2. The van der Waals surface area contributed by atoms with E-state index in [9.17, 15) is 9.59 Å². The summed E-state index contributed by atoms with van der Waals surface area (Å²) in [5.74, 6) is -0.652. The van der Waals surface area contributed by atoms with Crippen LogP contribution in [0.4, 0.5) is 0 Å². The molecule has 108 valence electrons. The van der Waals surface area contributed by atoms with Gasteiger partial charge in [0.2, 0.25) is 5.91 Å². The van der Waals surface area contributed by atoms with Crippen molar-refractivity contribution in [2.24, 2.45) is 11.8 Å². The molecule has 2 unspecified atom stereocenters. The topological polar surface area (TPSA) is 81.2 Å². The van der Waals surface area contributed by atoms with E-state index in [4.69, 9.17) is 16.3 Å². The highest BCUT2D eigenvalue weighted by molar-refractivity contribution is 6.29. The van der Waals surface area contributed by atoms with Gasteiger partial charge in [0, 0.05) is 18.3 Å². The number of nitrogens with zero attached hydrogens (tertiary/aromatic N) is 2. The van der Waals surface area contributed by atoms with E-state index in [-0.39, 0.29) is 35.4 Å². The van der Waals surface area contributed by atoms with Gasteiger partial charge in [-0.2, -0.15) is 0 Å². The highest BCUT2D eigenvalue weighted by atomic mass is 35.5. The molecule has 0 spiro atoms. The van der Waals surface area contributed by atoms with Crippen molar-refractivity contribution in [2.45, 2.75) is 25.8 Å². The van der Waals surface area contributed by atoms with Gasteiger partial charge in [0.15, 0.2) is 5.15 Å². The molecular formula is C13H16ClN3O3. The monoisotopic (exact) mass is 297 g/mol. The lowest BCUT2D eigenvalue weighted by Crippen LogP contribution is -2.30. The van der Waals surface area contributed by atoms with E-state index in [0.717, 1.165) is 0 Å². The number of hydrogen-bond acceptors (Lipinski definition) is 5. The Morgan fingerprint density at radius 1 is 1.35 bits per heavy atom. The molecule has 0 aromatic carbocycles. The molecule has 0 radical (unpaired) electrons. The molecule has 6 nitrogen and oxygen atoms in total. The molecule has 1 aromatic heterocycles. The summed E-state index contributed by atoms with van der Waals surface area (Å²) in [5.41, 5.74) is 0.532.